The molecule has 0 bridgehead atoms. The average Bonchev–Trinajstić information content (AvgIpc) is 4.03. The van der Waals surface area contributed by atoms with Crippen LogP contribution < -0.4 is 20.9 Å². The number of aliphatic hydroxyl groups is 2. The Balaban J connectivity index is 1.08. The van der Waals surface area contributed by atoms with Crippen molar-refractivity contribution >= 4 is 29.0 Å². The second-order valence-corrected chi connectivity index (χ2v) is 14.0. The number of phenols is 3. The van der Waals surface area contributed by atoms with E-state index in [0.717, 1.165) is 16.7 Å². The fraction of sp³-hybridized carbons (Fsp3) is 0.342. The van der Waals surface area contributed by atoms with Crippen LogP contribution in [0.15, 0.2) is 79.1 Å². The third-order valence-electron chi connectivity index (χ3n) is 10.2. The average molecular weight is 779 g/mol. The first-order valence-corrected chi connectivity index (χ1v) is 18.6. The van der Waals surface area contributed by atoms with E-state index in [-0.39, 0.29) is 47.6 Å². The van der Waals surface area contributed by atoms with Gasteiger partial charge in [-0.3, -0.25) is 4.57 Å². The summed E-state index contributed by atoms with van der Waals surface area (Å²) in [5, 5.41) is 73.7. The number of aliphatic hydroxyl groups excluding tert-OH is 2. The van der Waals surface area contributed by atoms with E-state index in [2.05, 4.69) is 36.3 Å². The Morgan fingerprint density at radius 2 is 1.68 bits per heavy atom. The van der Waals surface area contributed by atoms with E-state index in [1.165, 1.54) is 11.1 Å². The van der Waals surface area contributed by atoms with E-state index in [9.17, 15) is 30.3 Å². The minimum Gasteiger partial charge on any atom is -0.508 e. The number of amides is 2. The van der Waals surface area contributed by atoms with Crippen LogP contribution in [0.3, 0.4) is 0 Å². The Morgan fingerprint density at radius 1 is 0.947 bits per heavy atom. The number of nitrogens with one attached hydrogen (secondary N) is 3. The first-order chi connectivity index (χ1) is 27.6. The van der Waals surface area contributed by atoms with Gasteiger partial charge in [0.1, 0.15) is 29.5 Å². The van der Waals surface area contributed by atoms with Crippen LogP contribution in [0.5, 0.6) is 17.2 Å². The highest BCUT2D eigenvalue weighted by Gasteiger charge is 2.47. The van der Waals surface area contributed by atoms with Crippen molar-refractivity contribution in [2.45, 2.75) is 62.9 Å². The predicted octanol–water partition coefficient (Wildman–Crippen LogP) is 2.26. The second kappa shape index (κ2) is 15.9. The van der Waals surface area contributed by atoms with E-state index >= 15 is 0 Å². The molecule has 6 aromatic rings. The summed E-state index contributed by atoms with van der Waals surface area (Å²) in [6.45, 7) is 3.77. The van der Waals surface area contributed by atoms with Gasteiger partial charge in [0.15, 0.2) is 29.3 Å². The number of phenolic OH excluding ortho intramolecular Hbond substituents is 3. The number of imidazole rings is 1. The minimum atomic E-state index is -1.40. The first kappa shape index (κ1) is 37.4. The molecule has 0 saturated carbocycles. The van der Waals surface area contributed by atoms with Gasteiger partial charge in [0.05, 0.1) is 12.9 Å². The number of benzene rings is 3. The molecule has 8 N–H and O–H groups in total. The smallest absolute Gasteiger partial charge is 0.315 e. The molecule has 296 valence electrons. The van der Waals surface area contributed by atoms with Gasteiger partial charge in [-0.05, 0) is 71.6 Å². The predicted molar refractivity (Wildman–Crippen MR) is 204 cm³/mol. The number of rotatable bonds is 12. The van der Waals surface area contributed by atoms with Crippen molar-refractivity contribution in [1.29, 1.82) is 0 Å². The fourth-order valence-electron chi connectivity index (χ4n) is 7.15. The number of anilines is 2. The van der Waals surface area contributed by atoms with Gasteiger partial charge < -0.3 is 51.1 Å². The van der Waals surface area contributed by atoms with E-state index in [0.29, 0.717) is 55.5 Å². The number of nitrogens with zero attached hydrogens (tertiary/aromatic N) is 9. The van der Waals surface area contributed by atoms with Gasteiger partial charge in [0, 0.05) is 38.1 Å². The van der Waals surface area contributed by atoms with Crippen LogP contribution in [0, 0.1) is 0 Å². The number of aryl methyl sites for hydroxylation is 1. The lowest BCUT2D eigenvalue weighted by Gasteiger charge is -2.22. The summed E-state index contributed by atoms with van der Waals surface area (Å²) in [6.07, 6.45) is -2.89. The zero-order valence-electron chi connectivity index (χ0n) is 30.8. The lowest BCUT2D eigenvalue weighted by Crippen LogP contribution is -2.43. The lowest BCUT2D eigenvalue weighted by molar-refractivity contribution is -0.0384. The number of ether oxygens (including phenoxy) is 1. The van der Waals surface area contributed by atoms with Crippen molar-refractivity contribution in [1.82, 2.24) is 50.4 Å². The second-order valence-electron chi connectivity index (χ2n) is 14.0. The van der Waals surface area contributed by atoms with Crippen molar-refractivity contribution < 1.29 is 35.1 Å². The number of tetrazole rings is 1. The number of urea groups is 1. The molecule has 5 atom stereocenters. The van der Waals surface area contributed by atoms with Crippen LogP contribution in [-0.2, 0) is 17.8 Å². The molecule has 19 heteroatoms. The summed E-state index contributed by atoms with van der Waals surface area (Å²) < 4.78 is 7.73. The van der Waals surface area contributed by atoms with Gasteiger partial charge in [-0.2, -0.15) is 14.8 Å². The summed E-state index contributed by atoms with van der Waals surface area (Å²) in [5.41, 5.74) is 3.24. The molecule has 0 radical (unpaired) electrons. The topological polar surface area (TPSA) is 254 Å². The van der Waals surface area contributed by atoms with Crippen LogP contribution >= 0.6 is 0 Å². The van der Waals surface area contributed by atoms with E-state index in [4.69, 9.17) is 14.7 Å². The molecule has 8 rings (SSSR count). The van der Waals surface area contributed by atoms with E-state index < -0.39 is 24.5 Å². The van der Waals surface area contributed by atoms with Gasteiger partial charge in [0.2, 0.25) is 11.8 Å². The highest BCUT2D eigenvalue weighted by molar-refractivity contribution is 5.84. The van der Waals surface area contributed by atoms with Crippen LogP contribution in [0.4, 0.5) is 16.6 Å². The molecule has 3 aromatic heterocycles. The van der Waals surface area contributed by atoms with Crippen molar-refractivity contribution in [2.75, 3.05) is 29.9 Å². The van der Waals surface area contributed by atoms with Crippen LogP contribution in [0.25, 0.3) is 11.2 Å². The molecule has 2 saturated heterocycles. The maximum Gasteiger partial charge on any atom is 0.315 e. The quantitative estimate of drug-likeness (QED) is 0.0887. The lowest BCUT2D eigenvalue weighted by atomic mass is 9.91. The Kier molecular flexibility index (Phi) is 10.4. The van der Waals surface area contributed by atoms with Crippen LogP contribution in [-0.4, -0.2) is 109 Å². The third kappa shape index (κ3) is 7.93. The van der Waals surface area contributed by atoms with Crippen molar-refractivity contribution in [3.8, 4) is 17.2 Å². The van der Waals surface area contributed by atoms with Crippen molar-refractivity contribution in [3.63, 3.8) is 0 Å². The Labute approximate surface area is 325 Å². The molecule has 57 heavy (non-hydrogen) atoms. The zero-order valence-corrected chi connectivity index (χ0v) is 30.8. The van der Waals surface area contributed by atoms with Crippen LogP contribution in [0.1, 0.15) is 54.1 Å². The van der Waals surface area contributed by atoms with Crippen molar-refractivity contribution in [3.05, 3.63) is 102 Å². The van der Waals surface area contributed by atoms with Crippen molar-refractivity contribution in [2.24, 2.45) is 0 Å². The van der Waals surface area contributed by atoms with Gasteiger partial charge in [-0.1, -0.05) is 36.4 Å². The van der Waals surface area contributed by atoms with Gasteiger partial charge >= 0.3 is 6.03 Å². The first-order valence-electron chi connectivity index (χ1n) is 18.6. The Bertz CT molecular complexity index is 2290. The molecule has 2 aliphatic heterocycles. The molecule has 2 amide bonds. The normalized spacial score (nSPS) is 20.7. The summed E-state index contributed by atoms with van der Waals surface area (Å²) in [7, 11) is 0. The molecule has 2 fully saturated rings. The maximum absolute atomic E-state index is 12.9. The molecule has 0 unspecified atom stereocenters. The monoisotopic (exact) mass is 778 g/mol. The van der Waals surface area contributed by atoms with Gasteiger partial charge in [0.25, 0.3) is 0 Å². The van der Waals surface area contributed by atoms with Gasteiger partial charge in [-0.15, -0.1) is 10.2 Å². The fourth-order valence-corrected chi connectivity index (χ4v) is 7.15. The van der Waals surface area contributed by atoms with Crippen LogP contribution in [0.2, 0.25) is 0 Å². The molecule has 3 aromatic carbocycles. The molecular weight excluding hydrogens is 736 g/mol. The molecule has 2 aliphatic rings. The summed E-state index contributed by atoms with van der Waals surface area (Å²) in [4.78, 5) is 30.6. The summed E-state index contributed by atoms with van der Waals surface area (Å²) >= 11 is 0. The van der Waals surface area contributed by atoms with E-state index in [1.54, 1.807) is 47.0 Å². The highest BCUT2D eigenvalue weighted by Crippen LogP contribution is 2.39. The molecule has 5 heterocycles. The van der Waals surface area contributed by atoms with Gasteiger partial charge in [-0.25, -0.2) is 9.78 Å². The number of carbonyl (C=O) groups is 1. The number of fused-ring (bicyclic) bond motifs is 1. The Morgan fingerprint density at radius 3 is 2.37 bits per heavy atom. The third-order valence-corrected chi connectivity index (χ3v) is 10.2. The zero-order chi connectivity index (χ0) is 39.6. The molecular formula is C38H42N12O7. The highest BCUT2D eigenvalue weighted by atomic mass is 16.6. The Hall–Kier alpha value is -6.57. The SMILES string of the molecule is CCn1nnc([C@H]2O[C@@H](n3cnc4c(NCC(c5ccc(O)cc5)c5ccc(O)cc5)nc(N5CC[C@@H](NC(=O)NCc6cccc(O)c6)C5)nc43)[C@@H](O)[C@@H]2O)n1. The summed E-state index contributed by atoms with van der Waals surface area (Å²) in [6, 6.07) is 19.9. The number of hydrogen-bond donors (Lipinski definition) is 8. The summed E-state index contributed by atoms with van der Waals surface area (Å²) in [5.74, 6) is 0.973. The van der Waals surface area contributed by atoms with E-state index in [1.807, 2.05) is 42.2 Å². The molecule has 19 nitrogen and oxygen atoms in total. The number of hydrogen-bond acceptors (Lipinski definition) is 15. The number of aromatic nitrogens is 8. The maximum atomic E-state index is 12.9. The molecule has 0 aliphatic carbocycles. The minimum absolute atomic E-state index is 0.118. The molecule has 0 spiro atoms. The largest absolute Gasteiger partial charge is 0.508 e. The number of aromatic hydroxyl groups is 3. The standard InChI is InChI=1S/C38H42N12O7/c1-2-50-46-34(45-47-50)32-30(54)31(55)36(57-32)49-20-41-29-33(39-18-28(22-6-10-25(51)11-7-22)23-8-12-26(52)13-9-23)43-37(44-35(29)49)48-15-14-24(19-48)42-38(56)40-17-21-4-3-5-27(53)16-21/h3-13,16,20,24,28,30-32,36,51-55H,2,14-15,17-19H2,1H3,(H,39,43,44)(H2,40,42,56)/t24-,30+,31+,32+,36-/m1/s1. The number of carbonyl (C=O) groups excluding carboxylic acids is 1.